The number of carbonyl (C=O) groups is 1. The molecule has 0 N–H and O–H groups in total. The molecule has 1 amide bonds. The normalized spacial score (nSPS) is 10.3. The molecule has 0 aliphatic heterocycles. The van der Waals surface area contributed by atoms with Crippen molar-refractivity contribution in [1.29, 1.82) is 0 Å². The van der Waals surface area contributed by atoms with Crippen LogP contribution < -0.4 is 9.64 Å². The summed E-state index contributed by atoms with van der Waals surface area (Å²) in [4.78, 5) is 17.8. The number of carbonyl (C=O) groups excluding carboxylic acids is 1. The number of aromatic nitrogens is 1. The van der Waals surface area contributed by atoms with E-state index in [1.165, 1.54) is 16.2 Å². The zero-order valence-electron chi connectivity index (χ0n) is 11.2. The highest BCUT2D eigenvalue weighted by molar-refractivity contribution is 7.14. The number of likely N-dealkylation sites (N-methyl/N-ethyl adjacent to an activating group) is 1. The summed E-state index contributed by atoms with van der Waals surface area (Å²) in [5.74, 6) is 0.591. The number of aryl methyl sites for hydroxylation is 2. The van der Waals surface area contributed by atoms with E-state index >= 15 is 0 Å². The summed E-state index contributed by atoms with van der Waals surface area (Å²) >= 11 is 1.45. The minimum Gasteiger partial charge on any atom is -0.484 e. The van der Waals surface area contributed by atoms with Crippen molar-refractivity contribution in [1.82, 2.24) is 4.98 Å². The van der Waals surface area contributed by atoms with E-state index in [4.69, 9.17) is 4.74 Å². The molecular formula is C14H16N2O2S. The molecule has 2 aromatic rings. The lowest BCUT2D eigenvalue weighted by atomic mass is 10.2. The van der Waals surface area contributed by atoms with Crippen LogP contribution in [0.2, 0.25) is 0 Å². The van der Waals surface area contributed by atoms with Gasteiger partial charge >= 0.3 is 0 Å². The van der Waals surface area contributed by atoms with E-state index in [9.17, 15) is 4.79 Å². The van der Waals surface area contributed by atoms with Crippen LogP contribution in [-0.2, 0) is 4.79 Å². The number of amides is 1. The summed E-state index contributed by atoms with van der Waals surface area (Å²) in [6.07, 6.45) is 0. The van der Waals surface area contributed by atoms with Crippen molar-refractivity contribution in [3.05, 3.63) is 40.9 Å². The van der Waals surface area contributed by atoms with Crippen molar-refractivity contribution in [3.8, 4) is 5.75 Å². The molecule has 0 radical (unpaired) electrons. The number of nitrogens with zero attached hydrogens (tertiary/aromatic N) is 2. The molecule has 0 aliphatic rings. The Kier molecular flexibility index (Phi) is 4.16. The highest BCUT2D eigenvalue weighted by atomic mass is 32.1. The number of anilines is 1. The maximum Gasteiger partial charge on any atom is 0.266 e. The summed E-state index contributed by atoms with van der Waals surface area (Å²) in [5.41, 5.74) is 2.02. The van der Waals surface area contributed by atoms with Crippen LogP contribution in [0.25, 0.3) is 0 Å². The van der Waals surface area contributed by atoms with Crippen molar-refractivity contribution in [3.63, 3.8) is 0 Å². The van der Waals surface area contributed by atoms with Gasteiger partial charge < -0.3 is 4.74 Å². The van der Waals surface area contributed by atoms with Crippen LogP contribution >= 0.6 is 11.3 Å². The molecule has 0 unspecified atom stereocenters. The van der Waals surface area contributed by atoms with Gasteiger partial charge in [0.05, 0.1) is 5.69 Å². The third kappa shape index (κ3) is 3.54. The first-order valence-corrected chi connectivity index (χ1v) is 6.82. The van der Waals surface area contributed by atoms with Gasteiger partial charge in [0.25, 0.3) is 5.91 Å². The Hall–Kier alpha value is -1.88. The average molecular weight is 276 g/mol. The molecule has 0 saturated carbocycles. The quantitative estimate of drug-likeness (QED) is 0.862. The molecule has 1 heterocycles. The van der Waals surface area contributed by atoms with Crippen LogP contribution in [-0.4, -0.2) is 24.5 Å². The zero-order chi connectivity index (χ0) is 13.8. The molecule has 0 spiro atoms. The third-order valence-electron chi connectivity index (χ3n) is 2.62. The lowest BCUT2D eigenvalue weighted by Gasteiger charge is -2.14. The second-order valence-corrected chi connectivity index (χ2v) is 5.17. The first kappa shape index (κ1) is 13.5. The van der Waals surface area contributed by atoms with E-state index in [2.05, 4.69) is 4.98 Å². The van der Waals surface area contributed by atoms with Crippen molar-refractivity contribution >= 4 is 22.4 Å². The van der Waals surface area contributed by atoms with Gasteiger partial charge in [0.2, 0.25) is 0 Å². The first-order valence-electron chi connectivity index (χ1n) is 5.94. The standard InChI is InChI=1S/C14H16N2O2S/c1-10-5-4-6-12(7-10)18-8-13(17)16(3)14-15-11(2)9-19-14/h4-7,9H,8H2,1-3H3. The highest BCUT2D eigenvalue weighted by Crippen LogP contribution is 2.19. The summed E-state index contributed by atoms with van der Waals surface area (Å²) in [6, 6.07) is 7.64. The van der Waals surface area contributed by atoms with Crippen molar-refractivity contribution in [2.45, 2.75) is 13.8 Å². The number of hydrogen-bond acceptors (Lipinski definition) is 4. The molecule has 5 heteroatoms. The lowest BCUT2D eigenvalue weighted by molar-refractivity contribution is -0.120. The van der Waals surface area contributed by atoms with E-state index in [0.29, 0.717) is 10.9 Å². The van der Waals surface area contributed by atoms with Gasteiger partial charge in [-0.25, -0.2) is 4.98 Å². The largest absolute Gasteiger partial charge is 0.484 e. The van der Waals surface area contributed by atoms with Crippen molar-refractivity contribution < 1.29 is 9.53 Å². The van der Waals surface area contributed by atoms with Gasteiger partial charge in [-0.15, -0.1) is 11.3 Å². The second kappa shape index (κ2) is 5.84. The average Bonchev–Trinajstić information content (AvgIpc) is 2.82. The number of rotatable bonds is 4. The molecule has 0 fully saturated rings. The monoisotopic (exact) mass is 276 g/mol. The van der Waals surface area contributed by atoms with Crippen LogP contribution in [0.15, 0.2) is 29.6 Å². The number of hydrogen-bond donors (Lipinski definition) is 0. The topological polar surface area (TPSA) is 42.4 Å². The Bertz CT molecular complexity index is 580. The Morgan fingerprint density at radius 2 is 2.21 bits per heavy atom. The summed E-state index contributed by atoms with van der Waals surface area (Å²) in [7, 11) is 1.71. The molecule has 100 valence electrons. The molecular weight excluding hydrogens is 260 g/mol. The third-order valence-corrected chi connectivity index (χ3v) is 3.65. The van der Waals surface area contributed by atoms with Gasteiger partial charge in [-0.1, -0.05) is 12.1 Å². The lowest BCUT2D eigenvalue weighted by Crippen LogP contribution is -2.31. The molecule has 0 aliphatic carbocycles. The van der Waals surface area contributed by atoms with E-state index in [1.54, 1.807) is 7.05 Å². The van der Waals surface area contributed by atoms with E-state index in [1.807, 2.05) is 43.5 Å². The van der Waals surface area contributed by atoms with E-state index in [-0.39, 0.29) is 12.5 Å². The maximum atomic E-state index is 12.0. The predicted octanol–water partition coefficient (Wildman–Crippen LogP) is 2.80. The Labute approximate surface area is 116 Å². The fraction of sp³-hybridized carbons (Fsp3) is 0.286. The SMILES string of the molecule is Cc1cccc(OCC(=O)N(C)c2nc(C)cs2)c1. The molecule has 19 heavy (non-hydrogen) atoms. The summed E-state index contributed by atoms with van der Waals surface area (Å²) < 4.78 is 5.48. The van der Waals surface area contributed by atoms with Gasteiger partial charge in [0, 0.05) is 12.4 Å². The molecule has 0 atom stereocenters. The summed E-state index contributed by atoms with van der Waals surface area (Å²) in [6.45, 7) is 3.90. The fourth-order valence-corrected chi connectivity index (χ4v) is 2.33. The van der Waals surface area contributed by atoms with Gasteiger partial charge in [0.1, 0.15) is 5.75 Å². The van der Waals surface area contributed by atoms with Crippen molar-refractivity contribution in [2.75, 3.05) is 18.6 Å². The molecule has 2 rings (SSSR count). The van der Waals surface area contributed by atoms with Gasteiger partial charge in [-0.3, -0.25) is 9.69 Å². The Morgan fingerprint density at radius 3 is 2.84 bits per heavy atom. The Morgan fingerprint density at radius 1 is 1.42 bits per heavy atom. The molecule has 1 aromatic heterocycles. The molecule has 0 saturated heterocycles. The predicted molar refractivity (Wildman–Crippen MR) is 76.9 cm³/mol. The van der Waals surface area contributed by atoms with Gasteiger partial charge in [-0.2, -0.15) is 0 Å². The smallest absolute Gasteiger partial charge is 0.266 e. The molecule has 0 bridgehead atoms. The van der Waals surface area contributed by atoms with Crippen LogP contribution in [0.4, 0.5) is 5.13 Å². The van der Waals surface area contributed by atoms with Crippen LogP contribution in [0.3, 0.4) is 0 Å². The van der Waals surface area contributed by atoms with E-state index < -0.39 is 0 Å². The van der Waals surface area contributed by atoms with E-state index in [0.717, 1.165) is 11.3 Å². The van der Waals surface area contributed by atoms with Gasteiger partial charge in [0.15, 0.2) is 11.7 Å². The maximum absolute atomic E-state index is 12.0. The Balaban J connectivity index is 1.94. The zero-order valence-corrected chi connectivity index (χ0v) is 12.0. The number of thiazole rings is 1. The molecule has 4 nitrogen and oxygen atoms in total. The fourth-order valence-electron chi connectivity index (χ4n) is 1.55. The first-order chi connectivity index (χ1) is 9.06. The van der Waals surface area contributed by atoms with Crippen molar-refractivity contribution in [2.24, 2.45) is 0 Å². The second-order valence-electron chi connectivity index (χ2n) is 4.33. The number of benzene rings is 1. The number of ether oxygens (including phenoxy) is 1. The molecule has 1 aromatic carbocycles. The summed E-state index contributed by atoms with van der Waals surface area (Å²) in [5, 5.41) is 2.61. The van der Waals surface area contributed by atoms with Crippen LogP contribution in [0.1, 0.15) is 11.3 Å². The van der Waals surface area contributed by atoms with Crippen LogP contribution in [0, 0.1) is 13.8 Å². The van der Waals surface area contributed by atoms with Gasteiger partial charge in [-0.05, 0) is 31.5 Å². The minimum atomic E-state index is -0.115. The minimum absolute atomic E-state index is 0.0125. The van der Waals surface area contributed by atoms with Crippen LogP contribution in [0.5, 0.6) is 5.75 Å². The highest BCUT2D eigenvalue weighted by Gasteiger charge is 2.14.